The molecule has 1 unspecified atom stereocenters. The Morgan fingerprint density at radius 1 is 1.56 bits per heavy atom. The van der Waals surface area contributed by atoms with Crippen molar-refractivity contribution < 1.29 is 4.79 Å². The molecule has 1 amide bonds. The molecule has 2 N–H and O–H groups in total. The Kier molecular flexibility index (Phi) is 4.54. The van der Waals surface area contributed by atoms with Crippen molar-refractivity contribution >= 4 is 23.5 Å². The maximum absolute atomic E-state index is 12.1. The summed E-state index contributed by atoms with van der Waals surface area (Å²) in [6.07, 6.45) is 3.92. The number of hydrogen-bond acceptors (Lipinski definition) is 5. The average Bonchev–Trinajstić information content (AvgIpc) is 2.39. The molecule has 0 spiro atoms. The van der Waals surface area contributed by atoms with Crippen molar-refractivity contribution in [3.05, 3.63) is 11.8 Å². The molecule has 98 valence electrons. The Bertz CT molecular complexity index is 432. The van der Waals surface area contributed by atoms with Gasteiger partial charge in [-0.1, -0.05) is 11.8 Å². The molecule has 18 heavy (non-hydrogen) atoms. The quantitative estimate of drug-likeness (QED) is 0.640. The zero-order valence-corrected chi connectivity index (χ0v) is 11.5. The number of thioether (sulfide) groups is 1. The van der Waals surface area contributed by atoms with Crippen LogP contribution in [0, 0.1) is 12.8 Å². The van der Waals surface area contributed by atoms with Crippen LogP contribution in [-0.2, 0) is 4.79 Å². The number of carbonyl (C=O) groups is 1. The molecule has 6 heteroatoms. The summed E-state index contributed by atoms with van der Waals surface area (Å²) in [5.74, 6) is 0.696. The highest BCUT2D eigenvalue weighted by atomic mass is 32.2. The van der Waals surface area contributed by atoms with E-state index in [1.807, 2.05) is 13.2 Å². The van der Waals surface area contributed by atoms with E-state index < -0.39 is 0 Å². The van der Waals surface area contributed by atoms with Gasteiger partial charge in [-0.3, -0.25) is 4.79 Å². The molecule has 0 aliphatic carbocycles. The maximum Gasteiger partial charge on any atom is 0.229 e. The summed E-state index contributed by atoms with van der Waals surface area (Å²) in [4.78, 5) is 20.6. The summed E-state index contributed by atoms with van der Waals surface area (Å²) in [6, 6.07) is 1.80. The van der Waals surface area contributed by atoms with Crippen molar-refractivity contribution in [1.29, 1.82) is 0 Å². The summed E-state index contributed by atoms with van der Waals surface area (Å²) in [6.45, 7) is 3.66. The van der Waals surface area contributed by atoms with Crippen LogP contribution in [0.4, 0.5) is 5.82 Å². The SMILES string of the molecule is CSc1nc(C)cc(NC(=O)C2CCCNC2)n1. The van der Waals surface area contributed by atoms with E-state index in [0.29, 0.717) is 11.0 Å². The molecule has 1 aromatic rings. The molecule has 0 radical (unpaired) electrons. The van der Waals surface area contributed by atoms with E-state index >= 15 is 0 Å². The highest BCUT2D eigenvalue weighted by Gasteiger charge is 2.21. The molecular weight excluding hydrogens is 248 g/mol. The summed E-state index contributed by atoms with van der Waals surface area (Å²) in [5, 5.41) is 6.81. The van der Waals surface area contributed by atoms with Crippen LogP contribution < -0.4 is 10.6 Å². The maximum atomic E-state index is 12.1. The molecule has 0 aromatic carbocycles. The minimum atomic E-state index is 0.0479. The molecule has 1 aliphatic heterocycles. The van der Waals surface area contributed by atoms with Crippen molar-refractivity contribution in [2.24, 2.45) is 5.92 Å². The second-order valence-electron chi connectivity index (χ2n) is 4.41. The van der Waals surface area contributed by atoms with E-state index in [2.05, 4.69) is 20.6 Å². The Balaban J connectivity index is 2.03. The topological polar surface area (TPSA) is 66.9 Å². The van der Waals surface area contributed by atoms with E-state index in [0.717, 1.165) is 31.6 Å². The zero-order valence-electron chi connectivity index (χ0n) is 10.7. The van der Waals surface area contributed by atoms with Crippen molar-refractivity contribution in [1.82, 2.24) is 15.3 Å². The van der Waals surface area contributed by atoms with Crippen molar-refractivity contribution in [3.63, 3.8) is 0 Å². The Hall–Kier alpha value is -1.14. The summed E-state index contributed by atoms with van der Waals surface area (Å²) in [5.41, 5.74) is 0.867. The summed E-state index contributed by atoms with van der Waals surface area (Å²) < 4.78 is 0. The number of carbonyl (C=O) groups excluding carboxylic acids is 1. The number of amides is 1. The fourth-order valence-electron chi connectivity index (χ4n) is 2.00. The molecule has 5 nitrogen and oxygen atoms in total. The van der Waals surface area contributed by atoms with Crippen LogP contribution in [0.1, 0.15) is 18.5 Å². The number of hydrogen-bond donors (Lipinski definition) is 2. The van der Waals surface area contributed by atoms with Gasteiger partial charge in [0.2, 0.25) is 5.91 Å². The van der Waals surface area contributed by atoms with Gasteiger partial charge in [-0.2, -0.15) is 0 Å². The molecule has 1 atom stereocenters. The van der Waals surface area contributed by atoms with E-state index in [1.54, 1.807) is 6.07 Å². The predicted octanol–water partition coefficient (Wildman–Crippen LogP) is 1.45. The highest BCUT2D eigenvalue weighted by Crippen LogP contribution is 2.16. The van der Waals surface area contributed by atoms with Gasteiger partial charge < -0.3 is 10.6 Å². The van der Waals surface area contributed by atoms with E-state index in [4.69, 9.17) is 0 Å². The third kappa shape index (κ3) is 3.43. The minimum absolute atomic E-state index is 0.0479. The molecule has 1 saturated heterocycles. The molecule has 1 aromatic heterocycles. The lowest BCUT2D eigenvalue weighted by molar-refractivity contribution is -0.120. The number of aryl methyl sites for hydroxylation is 1. The average molecular weight is 266 g/mol. The molecule has 0 saturated carbocycles. The third-order valence-electron chi connectivity index (χ3n) is 2.94. The van der Waals surface area contributed by atoms with Gasteiger partial charge in [0.25, 0.3) is 0 Å². The zero-order chi connectivity index (χ0) is 13.0. The molecule has 1 aliphatic rings. The van der Waals surface area contributed by atoms with Gasteiger partial charge >= 0.3 is 0 Å². The normalized spacial score (nSPS) is 19.6. The number of rotatable bonds is 3. The lowest BCUT2D eigenvalue weighted by Gasteiger charge is -2.21. The fourth-order valence-corrected chi connectivity index (χ4v) is 2.43. The summed E-state index contributed by atoms with van der Waals surface area (Å²) in [7, 11) is 0. The van der Waals surface area contributed by atoms with Gasteiger partial charge in [-0.25, -0.2) is 9.97 Å². The van der Waals surface area contributed by atoms with Crippen molar-refractivity contribution in [2.45, 2.75) is 24.9 Å². The molecule has 2 heterocycles. The van der Waals surface area contributed by atoms with Crippen LogP contribution in [0.3, 0.4) is 0 Å². The molecule has 1 fully saturated rings. The fraction of sp³-hybridized carbons (Fsp3) is 0.583. The van der Waals surface area contributed by atoms with Gasteiger partial charge in [0.1, 0.15) is 5.82 Å². The first kappa shape index (κ1) is 13.3. The molecule has 2 rings (SSSR count). The smallest absolute Gasteiger partial charge is 0.229 e. The van der Waals surface area contributed by atoms with E-state index in [9.17, 15) is 4.79 Å². The third-order valence-corrected chi connectivity index (χ3v) is 3.48. The number of nitrogens with zero attached hydrogens (tertiary/aromatic N) is 2. The van der Waals surface area contributed by atoms with Crippen molar-refractivity contribution in [2.75, 3.05) is 24.7 Å². The Morgan fingerprint density at radius 3 is 3.06 bits per heavy atom. The van der Waals surface area contributed by atoms with Crippen LogP contribution >= 0.6 is 11.8 Å². The Labute approximate surface area is 111 Å². The monoisotopic (exact) mass is 266 g/mol. The van der Waals surface area contributed by atoms with Crippen LogP contribution in [-0.4, -0.2) is 35.2 Å². The predicted molar refractivity (Wildman–Crippen MR) is 72.8 cm³/mol. The second kappa shape index (κ2) is 6.15. The van der Waals surface area contributed by atoms with Crippen LogP contribution in [0.5, 0.6) is 0 Å². The van der Waals surface area contributed by atoms with Crippen LogP contribution in [0.2, 0.25) is 0 Å². The van der Waals surface area contributed by atoms with Gasteiger partial charge in [-0.15, -0.1) is 0 Å². The first-order valence-electron chi connectivity index (χ1n) is 6.10. The standard InChI is InChI=1S/C12H18N4OS/c1-8-6-10(16-12(14-8)18-2)15-11(17)9-4-3-5-13-7-9/h6,9,13H,3-5,7H2,1-2H3,(H,14,15,16,17). The number of nitrogens with one attached hydrogen (secondary N) is 2. The van der Waals surface area contributed by atoms with Gasteiger partial charge in [0, 0.05) is 18.3 Å². The first-order valence-corrected chi connectivity index (χ1v) is 7.33. The van der Waals surface area contributed by atoms with Crippen LogP contribution in [0.25, 0.3) is 0 Å². The minimum Gasteiger partial charge on any atom is -0.316 e. The largest absolute Gasteiger partial charge is 0.316 e. The van der Waals surface area contributed by atoms with Gasteiger partial charge in [-0.05, 0) is 32.6 Å². The van der Waals surface area contributed by atoms with Crippen LogP contribution in [0.15, 0.2) is 11.2 Å². The summed E-state index contributed by atoms with van der Waals surface area (Å²) >= 11 is 1.47. The second-order valence-corrected chi connectivity index (χ2v) is 5.19. The van der Waals surface area contributed by atoms with Gasteiger partial charge in [0.05, 0.1) is 5.92 Å². The number of aromatic nitrogens is 2. The number of anilines is 1. The lowest BCUT2D eigenvalue weighted by Crippen LogP contribution is -2.37. The van der Waals surface area contributed by atoms with E-state index in [-0.39, 0.29) is 11.8 Å². The van der Waals surface area contributed by atoms with Crippen molar-refractivity contribution in [3.8, 4) is 0 Å². The highest BCUT2D eigenvalue weighted by molar-refractivity contribution is 7.98. The number of piperidine rings is 1. The molecule has 0 bridgehead atoms. The molecular formula is C12H18N4OS. The van der Waals surface area contributed by atoms with E-state index in [1.165, 1.54) is 11.8 Å². The first-order chi connectivity index (χ1) is 8.69. The van der Waals surface area contributed by atoms with Gasteiger partial charge in [0.15, 0.2) is 5.16 Å². The Morgan fingerprint density at radius 2 is 2.39 bits per heavy atom. The lowest BCUT2D eigenvalue weighted by atomic mass is 9.99.